The number of benzene rings is 2. The van der Waals surface area contributed by atoms with E-state index in [0.29, 0.717) is 0 Å². The highest BCUT2D eigenvalue weighted by molar-refractivity contribution is 9.10. The monoisotopic (exact) mass is 492 g/mol. The van der Waals surface area contributed by atoms with Gasteiger partial charge in [0.2, 0.25) is 5.91 Å². The van der Waals surface area contributed by atoms with E-state index in [9.17, 15) is 19.5 Å². The van der Waals surface area contributed by atoms with E-state index in [-0.39, 0.29) is 26.0 Å². The van der Waals surface area contributed by atoms with Gasteiger partial charge in [-0.1, -0.05) is 64.5 Å². The van der Waals surface area contributed by atoms with Gasteiger partial charge in [0.25, 0.3) is 0 Å². The molecule has 0 fully saturated rings. The molecule has 0 aliphatic carbocycles. The van der Waals surface area contributed by atoms with E-state index in [2.05, 4.69) is 26.6 Å². The minimum atomic E-state index is -1.15. The number of carbonyl (C=O) groups is 3. The second-order valence-corrected chi connectivity index (χ2v) is 7.59. The van der Waals surface area contributed by atoms with Crippen LogP contribution in [0, 0.1) is 0 Å². The third-order valence-corrected chi connectivity index (χ3v) is 5.09. The number of rotatable bonds is 10. The Morgan fingerprint density at radius 1 is 1.06 bits per heavy atom. The molecule has 0 aromatic heterocycles. The Morgan fingerprint density at radius 3 is 2.42 bits per heavy atom. The number of hydrogen-bond acceptors (Lipinski definition) is 6. The van der Waals surface area contributed by atoms with Crippen LogP contribution in [-0.4, -0.2) is 48.9 Å². The predicted molar refractivity (Wildman–Crippen MR) is 117 cm³/mol. The molecule has 2 rings (SSSR count). The van der Waals surface area contributed by atoms with Crippen LogP contribution in [0.1, 0.15) is 17.5 Å². The van der Waals surface area contributed by atoms with Crippen molar-refractivity contribution in [3.63, 3.8) is 0 Å². The predicted octanol–water partition coefficient (Wildman–Crippen LogP) is 2.33. The lowest BCUT2D eigenvalue weighted by molar-refractivity contribution is -0.145. The highest BCUT2D eigenvalue weighted by Gasteiger charge is 2.24. The molecule has 0 unspecified atom stereocenters. The van der Waals surface area contributed by atoms with E-state index >= 15 is 0 Å². The summed E-state index contributed by atoms with van der Waals surface area (Å²) in [7, 11) is 1.24. The molecule has 0 saturated carbocycles. The second-order valence-electron chi connectivity index (χ2n) is 6.74. The summed E-state index contributed by atoms with van der Waals surface area (Å²) in [6.45, 7) is -0.0761. The largest absolute Gasteiger partial charge is 0.467 e. The first-order chi connectivity index (χ1) is 14.9. The van der Waals surface area contributed by atoms with Gasteiger partial charge in [0.05, 0.1) is 19.6 Å². The van der Waals surface area contributed by atoms with E-state index in [0.717, 1.165) is 15.6 Å². The average molecular weight is 493 g/mol. The molecule has 0 bridgehead atoms. The maximum atomic E-state index is 12.3. The summed E-state index contributed by atoms with van der Waals surface area (Å²) in [5.41, 5.74) is 1.65. The molecular weight excluding hydrogens is 468 g/mol. The first-order valence-electron chi connectivity index (χ1n) is 9.62. The number of carbonyl (C=O) groups excluding carboxylic acids is 3. The van der Waals surface area contributed by atoms with Crippen LogP contribution in [0.2, 0.25) is 0 Å². The Balaban J connectivity index is 1.78. The number of halogens is 1. The van der Waals surface area contributed by atoms with Crippen molar-refractivity contribution < 1.29 is 29.0 Å². The lowest BCUT2D eigenvalue weighted by Gasteiger charge is -2.18. The normalized spacial score (nSPS) is 12.4. The molecule has 8 nitrogen and oxygen atoms in total. The molecule has 2 aromatic carbocycles. The fourth-order valence-corrected chi connectivity index (χ4v) is 3.18. The summed E-state index contributed by atoms with van der Waals surface area (Å²) >= 11 is 3.41. The molecule has 2 atom stereocenters. The van der Waals surface area contributed by atoms with Gasteiger partial charge in [0.15, 0.2) is 0 Å². The fraction of sp³-hybridized carbons (Fsp3) is 0.318. The maximum absolute atomic E-state index is 12.3. The molecule has 0 saturated heterocycles. The number of nitrogens with one attached hydrogen (secondary N) is 2. The first-order valence-corrected chi connectivity index (χ1v) is 10.4. The van der Waals surface area contributed by atoms with Gasteiger partial charge in [-0.2, -0.15) is 0 Å². The Kier molecular flexibility index (Phi) is 9.99. The van der Waals surface area contributed by atoms with Crippen LogP contribution in [0.15, 0.2) is 59.1 Å². The van der Waals surface area contributed by atoms with Crippen molar-refractivity contribution in [1.82, 2.24) is 10.6 Å². The second kappa shape index (κ2) is 12.7. The third-order valence-electron chi connectivity index (χ3n) is 4.32. The van der Waals surface area contributed by atoms with Crippen LogP contribution in [-0.2, 0) is 32.1 Å². The zero-order valence-electron chi connectivity index (χ0n) is 17.0. The standard InChI is InChI=1S/C22H25BrN2O6/c1-30-21(28)19(11-16-9-5-6-10-18(16)23)25-20(27)12-17(26)13-24-22(29)31-14-15-7-3-2-4-8-15/h2-10,17,19,26H,11-14H2,1H3,(H,24,29)(H,25,27)/t17-,19-/m1/s1. The molecule has 3 N–H and O–H groups in total. The van der Waals surface area contributed by atoms with E-state index < -0.39 is 30.1 Å². The Morgan fingerprint density at radius 2 is 1.74 bits per heavy atom. The molecule has 2 aromatic rings. The molecule has 9 heteroatoms. The van der Waals surface area contributed by atoms with Crippen LogP contribution >= 0.6 is 15.9 Å². The van der Waals surface area contributed by atoms with Gasteiger partial charge < -0.3 is 25.2 Å². The van der Waals surface area contributed by atoms with Crippen LogP contribution < -0.4 is 10.6 Å². The SMILES string of the molecule is COC(=O)[C@@H](Cc1ccccc1Br)NC(=O)C[C@@H](O)CNC(=O)OCc1ccccc1. The van der Waals surface area contributed by atoms with Gasteiger partial charge in [0, 0.05) is 17.4 Å². The number of alkyl carbamates (subject to hydrolysis) is 1. The summed E-state index contributed by atoms with van der Waals surface area (Å²) < 4.78 is 10.6. The molecule has 0 spiro atoms. The molecular formula is C22H25BrN2O6. The van der Waals surface area contributed by atoms with Crippen molar-refractivity contribution in [2.24, 2.45) is 0 Å². The van der Waals surface area contributed by atoms with Crippen LogP contribution in [0.3, 0.4) is 0 Å². The van der Waals surface area contributed by atoms with Crippen molar-refractivity contribution in [3.8, 4) is 0 Å². The molecule has 0 radical (unpaired) electrons. The van der Waals surface area contributed by atoms with Gasteiger partial charge in [-0.3, -0.25) is 4.79 Å². The van der Waals surface area contributed by atoms with E-state index in [1.165, 1.54) is 7.11 Å². The van der Waals surface area contributed by atoms with Gasteiger partial charge >= 0.3 is 12.1 Å². The van der Waals surface area contributed by atoms with Crippen molar-refractivity contribution in [1.29, 1.82) is 0 Å². The zero-order valence-corrected chi connectivity index (χ0v) is 18.6. The summed E-state index contributed by atoms with van der Waals surface area (Å²) in [6, 6.07) is 15.6. The summed E-state index contributed by atoms with van der Waals surface area (Å²) in [4.78, 5) is 36.1. The minimum Gasteiger partial charge on any atom is -0.467 e. The van der Waals surface area contributed by atoms with E-state index in [1.807, 2.05) is 54.6 Å². The van der Waals surface area contributed by atoms with Crippen molar-refractivity contribution in [3.05, 3.63) is 70.2 Å². The van der Waals surface area contributed by atoms with Crippen LogP contribution in [0.5, 0.6) is 0 Å². The fourth-order valence-electron chi connectivity index (χ4n) is 2.73. The van der Waals surface area contributed by atoms with E-state index in [1.54, 1.807) is 0 Å². The molecule has 0 aliphatic rings. The van der Waals surface area contributed by atoms with Gasteiger partial charge in [0.1, 0.15) is 12.6 Å². The maximum Gasteiger partial charge on any atom is 0.407 e. The number of amides is 2. The summed E-state index contributed by atoms with van der Waals surface area (Å²) in [6.07, 6.45) is -1.93. The molecule has 0 heterocycles. The first kappa shape index (κ1) is 24.4. The number of aliphatic hydroxyl groups excluding tert-OH is 1. The molecule has 0 aliphatic heterocycles. The van der Waals surface area contributed by atoms with Gasteiger partial charge in [-0.05, 0) is 17.2 Å². The summed E-state index contributed by atoms with van der Waals surface area (Å²) in [5, 5.41) is 15.0. The Hall–Kier alpha value is -2.91. The highest BCUT2D eigenvalue weighted by atomic mass is 79.9. The lowest BCUT2D eigenvalue weighted by Crippen LogP contribution is -2.45. The topological polar surface area (TPSA) is 114 Å². The number of esters is 1. The summed E-state index contributed by atoms with van der Waals surface area (Å²) in [5.74, 6) is -1.14. The Labute approximate surface area is 189 Å². The van der Waals surface area contributed by atoms with Crippen LogP contribution in [0.25, 0.3) is 0 Å². The van der Waals surface area contributed by atoms with Crippen molar-refractivity contribution in [2.45, 2.75) is 31.6 Å². The molecule has 166 valence electrons. The zero-order chi connectivity index (χ0) is 22.6. The lowest BCUT2D eigenvalue weighted by atomic mass is 10.1. The molecule has 2 amide bonds. The van der Waals surface area contributed by atoms with E-state index in [4.69, 9.17) is 9.47 Å². The number of aliphatic hydroxyl groups is 1. The quantitative estimate of drug-likeness (QED) is 0.438. The number of methoxy groups -OCH3 is 1. The number of ether oxygens (including phenoxy) is 2. The van der Waals surface area contributed by atoms with Crippen molar-refractivity contribution in [2.75, 3.05) is 13.7 Å². The Bertz CT molecular complexity index is 877. The smallest absolute Gasteiger partial charge is 0.407 e. The minimum absolute atomic E-state index is 0.0963. The highest BCUT2D eigenvalue weighted by Crippen LogP contribution is 2.18. The molecule has 31 heavy (non-hydrogen) atoms. The van der Waals surface area contributed by atoms with Gasteiger partial charge in [-0.25, -0.2) is 9.59 Å². The van der Waals surface area contributed by atoms with Crippen LogP contribution in [0.4, 0.5) is 4.79 Å². The number of hydrogen-bond donors (Lipinski definition) is 3. The van der Waals surface area contributed by atoms with Crippen molar-refractivity contribution >= 4 is 33.9 Å². The van der Waals surface area contributed by atoms with Gasteiger partial charge in [-0.15, -0.1) is 0 Å². The third kappa shape index (κ3) is 8.77. The average Bonchev–Trinajstić information content (AvgIpc) is 2.77.